The van der Waals surface area contributed by atoms with Gasteiger partial charge in [-0.2, -0.15) is 0 Å². The Morgan fingerprint density at radius 2 is 1.96 bits per heavy atom. The van der Waals surface area contributed by atoms with Crippen molar-refractivity contribution in [3.05, 3.63) is 65.0 Å². The molecule has 1 fully saturated rings. The van der Waals surface area contributed by atoms with Crippen LogP contribution in [0, 0.1) is 5.82 Å². The highest BCUT2D eigenvalue weighted by Gasteiger charge is 2.40. The normalized spacial score (nSPS) is 22.7. The number of aliphatic imine (C=N–C) groups is 1. The fourth-order valence-electron chi connectivity index (χ4n) is 3.44. The fraction of sp³-hybridized carbons (Fsp3) is 0.316. The van der Waals surface area contributed by atoms with Crippen molar-refractivity contribution in [2.24, 2.45) is 10.7 Å². The van der Waals surface area contributed by atoms with Gasteiger partial charge in [0.2, 0.25) is 0 Å². The lowest BCUT2D eigenvalue weighted by Gasteiger charge is -2.08. The lowest BCUT2D eigenvalue weighted by Crippen LogP contribution is -2.23. The van der Waals surface area contributed by atoms with Gasteiger partial charge in [-0.25, -0.2) is 9.38 Å². The summed E-state index contributed by atoms with van der Waals surface area (Å²) in [6.07, 6.45) is 4.40. The van der Waals surface area contributed by atoms with Crippen molar-refractivity contribution >= 4 is 11.6 Å². The van der Waals surface area contributed by atoms with Gasteiger partial charge in [0, 0.05) is 11.6 Å². The molecular formula is C19H20FN3. The van der Waals surface area contributed by atoms with Crippen LogP contribution in [0.4, 0.5) is 10.1 Å². The number of anilines is 1. The summed E-state index contributed by atoms with van der Waals surface area (Å²) in [6, 6.07) is 13.4. The topological polar surface area (TPSA) is 50.4 Å². The van der Waals surface area contributed by atoms with Gasteiger partial charge < -0.3 is 11.1 Å². The number of benzene rings is 2. The van der Waals surface area contributed by atoms with Gasteiger partial charge in [0.05, 0.1) is 6.04 Å². The van der Waals surface area contributed by atoms with Gasteiger partial charge in [-0.3, -0.25) is 0 Å². The number of nitrogens with zero attached hydrogens (tertiary/aromatic N) is 1. The molecule has 0 aromatic heterocycles. The molecule has 4 heteroatoms. The molecule has 0 heterocycles. The van der Waals surface area contributed by atoms with Crippen LogP contribution < -0.4 is 11.1 Å². The van der Waals surface area contributed by atoms with E-state index in [1.165, 1.54) is 30.0 Å². The summed E-state index contributed by atoms with van der Waals surface area (Å²) in [5.41, 5.74) is 10.6. The zero-order valence-electron chi connectivity index (χ0n) is 12.9. The zero-order chi connectivity index (χ0) is 15.8. The first-order valence-electron chi connectivity index (χ1n) is 8.17. The first-order valence-corrected chi connectivity index (χ1v) is 8.17. The van der Waals surface area contributed by atoms with E-state index in [1.807, 2.05) is 18.2 Å². The van der Waals surface area contributed by atoms with Gasteiger partial charge in [0.1, 0.15) is 5.82 Å². The van der Waals surface area contributed by atoms with E-state index in [1.54, 1.807) is 6.07 Å². The molecule has 2 aromatic carbocycles. The minimum atomic E-state index is -0.152. The van der Waals surface area contributed by atoms with E-state index in [2.05, 4.69) is 22.4 Å². The second kappa shape index (κ2) is 5.69. The largest absolute Gasteiger partial charge is 0.370 e. The van der Waals surface area contributed by atoms with E-state index < -0.39 is 0 Å². The minimum Gasteiger partial charge on any atom is -0.370 e. The lowest BCUT2D eigenvalue weighted by molar-refractivity contribution is 0.609. The maximum Gasteiger partial charge on any atom is 0.193 e. The van der Waals surface area contributed by atoms with Crippen molar-refractivity contribution < 1.29 is 4.39 Å². The molecule has 0 spiro atoms. The Balaban J connectivity index is 1.43. The Labute approximate surface area is 135 Å². The van der Waals surface area contributed by atoms with E-state index in [-0.39, 0.29) is 17.8 Å². The maximum atomic E-state index is 13.8. The Morgan fingerprint density at radius 3 is 2.83 bits per heavy atom. The third kappa shape index (κ3) is 2.93. The van der Waals surface area contributed by atoms with Crippen molar-refractivity contribution in [1.82, 2.24) is 0 Å². The molecule has 23 heavy (non-hydrogen) atoms. The van der Waals surface area contributed by atoms with Crippen LogP contribution in [0.25, 0.3) is 0 Å². The number of hydrogen-bond acceptors (Lipinski definition) is 1. The van der Waals surface area contributed by atoms with Crippen LogP contribution in [0.1, 0.15) is 35.4 Å². The third-order valence-electron chi connectivity index (χ3n) is 4.74. The number of aryl methyl sites for hydroxylation is 2. The van der Waals surface area contributed by atoms with Gasteiger partial charge >= 0.3 is 0 Å². The number of guanidine groups is 1. The predicted octanol–water partition coefficient (Wildman–Crippen LogP) is 3.60. The SMILES string of the molecule is NC(=NC1CC1c1ccccc1F)Nc1ccc2c(c1)CCC2. The van der Waals surface area contributed by atoms with Crippen molar-refractivity contribution in [2.75, 3.05) is 5.32 Å². The summed E-state index contributed by atoms with van der Waals surface area (Å²) >= 11 is 0. The average Bonchev–Trinajstić information content (AvgIpc) is 3.12. The van der Waals surface area contributed by atoms with E-state index in [0.717, 1.165) is 24.1 Å². The average molecular weight is 309 g/mol. The van der Waals surface area contributed by atoms with Crippen LogP contribution in [0.2, 0.25) is 0 Å². The highest BCUT2D eigenvalue weighted by molar-refractivity contribution is 5.92. The quantitative estimate of drug-likeness (QED) is 0.672. The van der Waals surface area contributed by atoms with Crippen molar-refractivity contribution in [3.63, 3.8) is 0 Å². The molecule has 0 aliphatic heterocycles. The van der Waals surface area contributed by atoms with Crippen LogP contribution in [-0.2, 0) is 12.8 Å². The summed E-state index contributed by atoms with van der Waals surface area (Å²) in [5.74, 6) is 0.406. The van der Waals surface area contributed by atoms with Crippen LogP contribution in [0.15, 0.2) is 47.5 Å². The van der Waals surface area contributed by atoms with E-state index in [9.17, 15) is 4.39 Å². The maximum absolute atomic E-state index is 13.8. The highest BCUT2D eigenvalue weighted by Crippen LogP contribution is 2.44. The molecule has 2 unspecified atom stereocenters. The predicted molar refractivity (Wildman–Crippen MR) is 91.3 cm³/mol. The Hall–Kier alpha value is -2.36. The number of rotatable bonds is 3. The van der Waals surface area contributed by atoms with E-state index >= 15 is 0 Å². The minimum absolute atomic E-state index is 0.0776. The molecule has 2 aromatic rings. The van der Waals surface area contributed by atoms with Crippen LogP contribution in [0.5, 0.6) is 0 Å². The van der Waals surface area contributed by atoms with Crippen molar-refractivity contribution in [1.29, 1.82) is 0 Å². The molecule has 0 bridgehead atoms. The van der Waals surface area contributed by atoms with E-state index in [4.69, 9.17) is 5.73 Å². The van der Waals surface area contributed by atoms with Crippen molar-refractivity contribution in [2.45, 2.75) is 37.6 Å². The first-order chi connectivity index (χ1) is 11.2. The van der Waals surface area contributed by atoms with Crippen molar-refractivity contribution in [3.8, 4) is 0 Å². The molecule has 118 valence electrons. The number of halogens is 1. The molecule has 3 nitrogen and oxygen atoms in total. The van der Waals surface area contributed by atoms with Crippen LogP contribution in [-0.4, -0.2) is 12.0 Å². The summed E-state index contributed by atoms with van der Waals surface area (Å²) in [6.45, 7) is 0. The molecule has 2 atom stereocenters. The molecule has 1 saturated carbocycles. The number of nitrogens with two attached hydrogens (primary N) is 1. The monoisotopic (exact) mass is 309 g/mol. The first kappa shape index (κ1) is 14.2. The fourth-order valence-corrected chi connectivity index (χ4v) is 3.44. The zero-order valence-corrected chi connectivity index (χ0v) is 12.9. The molecule has 0 radical (unpaired) electrons. The Kier molecular flexibility index (Phi) is 3.52. The van der Waals surface area contributed by atoms with Gasteiger partial charge in [-0.15, -0.1) is 0 Å². The molecule has 2 aliphatic rings. The smallest absolute Gasteiger partial charge is 0.193 e. The third-order valence-corrected chi connectivity index (χ3v) is 4.74. The summed E-state index contributed by atoms with van der Waals surface area (Å²) in [7, 11) is 0. The standard InChI is InChI=1S/C19H20FN3/c20-17-7-2-1-6-15(17)16-11-18(16)23-19(21)22-14-9-8-12-4-3-5-13(12)10-14/h1-2,6-10,16,18H,3-5,11H2,(H3,21,22,23). The molecule has 0 saturated heterocycles. The van der Waals surface area contributed by atoms with Crippen LogP contribution >= 0.6 is 0 Å². The molecule has 3 N–H and O–H groups in total. The number of hydrogen-bond donors (Lipinski definition) is 2. The summed E-state index contributed by atoms with van der Waals surface area (Å²) in [4.78, 5) is 4.49. The Bertz CT molecular complexity index is 769. The number of nitrogens with one attached hydrogen (secondary N) is 1. The van der Waals surface area contributed by atoms with Gasteiger partial charge in [0.15, 0.2) is 5.96 Å². The molecule has 4 rings (SSSR count). The Morgan fingerprint density at radius 1 is 1.13 bits per heavy atom. The second-order valence-electron chi connectivity index (χ2n) is 6.41. The summed E-state index contributed by atoms with van der Waals surface area (Å²) < 4.78 is 13.8. The number of fused-ring (bicyclic) bond motifs is 1. The van der Waals surface area contributed by atoms with E-state index in [0.29, 0.717) is 5.96 Å². The molecular weight excluding hydrogens is 289 g/mol. The molecule has 2 aliphatic carbocycles. The van der Waals surface area contributed by atoms with Gasteiger partial charge in [-0.1, -0.05) is 24.3 Å². The van der Waals surface area contributed by atoms with Gasteiger partial charge in [0.25, 0.3) is 0 Å². The molecule has 0 amide bonds. The second-order valence-corrected chi connectivity index (χ2v) is 6.41. The van der Waals surface area contributed by atoms with Gasteiger partial charge in [-0.05, 0) is 60.6 Å². The highest BCUT2D eigenvalue weighted by atomic mass is 19.1. The van der Waals surface area contributed by atoms with Crippen LogP contribution in [0.3, 0.4) is 0 Å². The lowest BCUT2D eigenvalue weighted by atomic mass is 10.1. The summed E-state index contributed by atoms with van der Waals surface area (Å²) in [5, 5.41) is 3.16.